The first kappa shape index (κ1) is 17.5. The van der Waals surface area contributed by atoms with Gasteiger partial charge in [0.1, 0.15) is 0 Å². The van der Waals surface area contributed by atoms with Crippen molar-refractivity contribution >= 4 is 21.6 Å². The molecule has 0 bridgehead atoms. The van der Waals surface area contributed by atoms with E-state index in [9.17, 15) is 21.6 Å². The molecule has 2 atom stereocenters. The average Bonchev–Trinajstić information content (AvgIpc) is 2.83. The van der Waals surface area contributed by atoms with Gasteiger partial charge in [-0.25, -0.2) is 13.1 Å². The predicted octanol–water partition coefficient (Wildman–Crippen LogP) is 2.76. The molecule has 0 saturated heterocycles. The van der Waals surface area contributed by atoms with Crippen LogP contribution in [0.2, 0.25) is 5.02 Å². The van der Waals surface area contributed by atoms with Crippen LogP contribution < -0.4 is 10.5 Å². The predicted molar refractivity (Wildman–Crippen MR) is 77.0 cm³/mol. The minimum Gasteiger partial charge on any atom is -0.330 e. The number of alkyl halides is 3. The van der Waals surface area contributed by atoms with Gasteiger partial charge in [0.2, 0.25) is 10.0 Å². The van der Waals surface area contributed by atoms with Gasteiger partial charge in [-0.05, 0) is 43.5 Å². The molecule has 0 radical (unpaired) electrons. The van der Waals surface area contributed by atoms with E-state index < -0.39 is 26.7 Å². The first-order chi connectivity index (χ1) is 10.1. The summed E-state index contributed by atoms with van der Waals surface area (Å²) in [7, 11) is -4.08. The molecule has 1 saturated carbocycles. The minimum atomic E-state index is -4.66. The van der Waals surface area contributed by atoms with E-state index in [2.05, 4.69) is 4.72 Å². The molecular formula is C13H16ClF3N2O2S. The number of nitrogens with two attached hydrogens (primary N) is 1. The van der Waals surface area contributed by atoms with Crippen LogP contribution in [-0.4, -0.2) is 21.0 Å². The number of hydrogen-bond donors (Lipinski definition) is 2. The standard InChI is InChI=1S/C13H16ClF3N2O2S/c14-10-4-9(13(15,16)17)5-11(6-10)22(20,21)19-12-3-1-2-8(12)7-18/h4-6,8,12,19H,1-3,7,18H2. The molecule has 1 aliphatic carbocycles. The number of benzene rings is 1. The summed E-state index contributed by atoms with van der Waals surface area (Å²) < 4.78 is 65.4. The van der Waals surface area contributed by atoms with Gasteiger partial charge in [0.05, 0.1) is 10.5 Å². The Balaban J connectivity index is 2.31. The summed E-state index contributed by atoms with van der Waals surface area (Å²) in [5, 5.41) is -0.281. The quantitative estimate of drug-likeness (QED) is 0.871. The first-order valence-corrected chi connectivity index (χ1v) is 8.60. The van der Waals surface area contributed by atoms with Gasteiger partial charge in [0.15, 0.2) is 0 Å². The summed E-state index contributed by atoms with van der Waals surface area (Å²) in [6.45, 7) is 0.330. The first-order valence-electron chi connectivity index (χ1n) is 6.73. The highest BCUT2D eigenvalue weighted by molar-refractivity contribution is 7.89. The summed E-state index contributed by atoms with van der Waals surface area (Å²) >= 11 is 5.62. The highest BCUT2D eigenvalue weighted by Gasteiger charge is 2.34. The van der Waals surface area contributed by atoms with Gasteiger partial charge in [-0.1, -0.05) is 18.0 Å². The van der Waals surface area contributed by atoms with Crippen molar-refractivity contribution in [3.05, 3.63) is 28.8 Å². The Bertz CT molecular complexity index is 649. The lowest BCUT2D eigenvalue weighted by atomic mass is 10.1. The van der Waals surface area contributed by atoms with Crippen molar-refractivity contribution in [3.63, 3.8) is 0 Å². The lowest BCUT2D eigenvalue weighted by Gasteiger charge is -2.20. The van der Waals surface area contributed by atoms with Gasteiger partial charge in [-0.2, -0.15) is 13.2 Å². The Labute approximate surface area is 131 Å². The Hall–Kier alpha value is -0.830. The second-order valence-electron chi connectivity index (χ2n) is 5.33. The number of hydrogen-bond acceptors (Lipinski definition) is 3. The van der Waals surface area contributed by atoms with Crippen molar-refractivity contribution in [3.8, 4) is 0 Å². The second kappa shape index (κ2) is 6.35. The second-order valence-corrected chi connectivity index (χ2v) is 7.48. The van der Waals surface area contributed by atoms with Crippen molar-refractivity contribution in [1.82, 2.24) is 4.72 Å². The van der Waals surface area contributed by atoms with Gasteiger partial charge in [0, 0.05) is 11.1 Å². The molecule has 1 aliphatic rings. The summed E-state index contributed by atoms with van der Waals surface area (Å²) in [6.07, 6.45) is -2.42. The summed E-state index contributed by atoms with van der Waals surface area (Å²) in [5.74, 6) is -0.00366. The van der Waals surface area contributed by atoms with E-state index in [1.165, 1.54) is 0 Å². The third kappa shape index (κ3) is 3.92. The van der Waals surface area contributed by atoms with Crippen LogP contribution in [0.1, 0.15) is 24.8 Å². The molecule has 0 aromatic heterocycles. The third-order valence-electron chi connectivity index (χ3n) is 3.78. The molecule has 0 spiro atoms. The molecule has 0 aliphatic heterocycles. The fraction of sp³-hybridized carbons (Fsp3) is 0.538. The van der Waals surface area contributed by atoms with Crippen LogP contribution in [-0.2, 0) is 16.2 Å². The van der Waals surface area contributed by atoms with Crippen molar-refractivity contribution < 1.29 is 21.6 Å². The van der Waals surface area contributed by atoms with E-state index >= 15 is 0 Å². The van der Waals surface area contributed by atoms with E-state index in [1.54, 1.807) is 0 Å². The smallest absolute Gasteiger partial charge is 0.330 e. The number of halogens is 4. The summed E-state index contributed by atoms with van der Waals surface area (Å²) in [4.78, 5) is -0.491. The zero-order chi connectivity index (χ0) is 16.5. The normalized spacial score (nSPS) is 23.0. The maximum atomic E-state index is 12.8. The van der Waals surface area contributed by atoms with Gasteiger partial charge in [-0.3, -0.25) is 0 Å². The Morgan fingerprint density at radius 2 is 1.95 bits per heavy atom. The van der Waals surface area contributed by atoms with Crippen LogP contribution in [0.3, 0.4) is 0 Å². The Morgan fingerprint density at radius 3 is 2.55 bits per heavy atom. The van der Waals surface area contributed by atoms with E-state index in [0.29, 0.717) is 25.1 Å². The molecule has 4 nitrogen and oxygen atoms in total. The topological polar surface area (TPSA) is 72.2 Å². The maximum Gasteiger partial charge on any atom is 0.416 e. The lowest BCUT2D eigenvalue weighted by Crippen LogP contribution is -2.39. The number of sulfonamides is 1. The molecule has 1 aromatic carbocycles. The van der Waals surface area contributed by atoms with Crippen molar-refractivity contribution in [2.45, 2.75) is 36.4 Å². The fourth-order valence-electron chi connectivity index (χ4n) is 2.62. The molecule has 3 N–H and O–H groups in total. The van der Waals surface area contributed by atoms with Crippen LogP contribution in [0.15, 0.2) is 23.1 Å². The highest BCUT2D eigenvalue weighted by Crippen LogP contribution is 2.33. The summed E-state index contributed by atoms with van der Waals surface area (Å²) in [5.41, 5.74) is 4.49. The zero-order valence-corrected chi connectivity index (χ0v) is 13.1. The van der Waals surface area contributed by atoms with Gasteiger partial charge < -0.3 is 5.73 Å². The minimum absolute atomic E-state index is 0.00366. The molecule has 1 fully saturated rings. The zero-order valence-electron chi connectivity index (χ0n) is 11.5. The van der Waals surface area contributed by atoms with Gasteiger partial charge in [0.25, 0.3) is 0 Å². The molecule has 2 unspecified atom stereocenters. The molecule has 22 heavy (non-hydrogen) atoms. The monoisotopic (exact) mass is 356 g/mol. The van der Waals surface area contributed by atoms with Crippen LogP contribution in [0, 0.1) is 5.92 Å². The van der Waals surface area contributed by atoms with Crippen molar-refractivity contribution in [2.24, 2.45) is 11.7 Å². The van der Waals surface area contributed by atoms with Crippen molar-refractivity contribution in [2.75, 3.05) is 6.54 Å². The van der Waals surface area contributed by atoms with Crippen LogP contribution in [0.4, 0.5) is 13.2 Å². The Morgan fingerprint density at radius 1 is 1.27 bits per heavy atom. The van der Waals surface area contributed by atoms with E-state index in [-0.39, 0.29) is 17.0 Å². The third-order valence-corrected chi connectivity index (χ3v) is 5.46. The van der Waals surface area contributed by atoms with Crippen LogP contribution in [0.5, 0.6) is 0 Å². The SMILES string of the molecule is NCC1CCCC1NS(=O)(=O)c1cc(Cl)cc(C(F)(F)F)c1. The molecular weight excluding hydrogens is 341 g/mol. The maximum absolute atomic E-state index is 12.8. The average molecular weight is 357 g/mol. The van der Waals surface area contributed by atoms with Crippen LogP contribution in [0.25, 0.3) is 0 Å². The van der Waals surface area contributed by atoms with E-state index in [4.69, 9.17) is 17.3 Å². The van der Waals surface area contributed by atoms with Crippen LogP contribution >= 0.6 is 11.6 Å². The summed E-state index contributed by atoms with van der Waals surface area (Å²) in [6, 6.07) is 1.92. The Kier molecular flexibility index (Phi) is 5.06. The largest absolute Gasteiger partial charge is 0.416 e. The van der Waals surface area contributed by atoms with Gasteiger partial charge >= 0.3 is 6.18 Å². The molecule has 124 valence electrons. The van der Waals surface area contributed by atoms with Crippen molar-refractivity contribution in [1.29, 1.82) is 0 Å². The molecule has 9 heteroatoms. The molecule has 0 amide bonds. The number of rotatable bonds is 4. The fourth-order valence-corrected chi connectivity index (χ4v) is 4.33. The van der Waals surface area contributed by atoms with Gasteiger partial charge in [-0.15, -0.1) is 0 Å². The molecule has 0 heterocycles. The molecule has 1 aromatic rings. The van der Waals surface area contributed by atoms with E-state index in [0.717, 1.165) is 18.9 Å². The van der Waals surface area contributed by atoms with E-state index in [1.807, 2.05) is 0 Å². The lowest BCUT2D eigenvalue weighted by molar-refractivity contribution is -0.137. The highest BCUT2D eigenvalue weighted by atomic mass is 35.5. The molecule has 2 rings (SSSR count). The number of nitrogens with one attached hydrogen (secondary N) is 1.